The number of nitrogens with zero attached hydrogens (tertiary/aromatic N) is 1. The Morgan fingerprint density at radius 1 is 0.839 bits per heavy atom. The number of carbonyl (C=O) groups is 1. The minimum absolute atomic E-state index is 0.227. The first-order chi connectivity index (χ1) is 15.2. The first kappa shape index (κ1) is 17.8. The molecule has 0 fully saturated rings. The van der Waals surface area contributed by atoms with Crippen molar-refractivity contribution in [1.29, 1.82) is 0 Å². The van der Waals surface area contributed by atoms with Gasteiger partial charge in [-0.25, -0.2) is 4.79 Å². The molecule has 1 aliphatic carbocycles. The third-order valence-electron chi connectivity index (χ3n) is 6.06. The molecule has 1 aromatic heterocycles. The Bertz CT molecular complexity index is 1350. The van der Waals surface area contributed by atoms with Crippen LogP contribution in [0.1, 0.15) is 21.6 Å². The number of fused-ring (bicyclic) bond motifs is 4. The minimum atomic E-state index is -0.933. The Hall–Kier alpha value is -3.99. The summed E-state index contributed by atoms with van der Waals surface area (Å²) in [4.78, 5) is 11.6. The highest BCUT2D eigenvalue weighted by molar-refractivity contribution is 5.89. The predicted octanol–water partition coefficient (Wildman–Crippen LogP) is 5.34. The molecule has 2 heterocycles. The molecule has 0 unspecified atom stereocenters. The first-order valence-electron chi connectivity index (χ1n) is 10.3. The number of rotatable bonds is 3. The lowest BCUT2D eigenvalue weighted by Crippen LogP contribution is -2.09. The van der Waals surface area contributed by atoms with Crippen LogP contribution in [0.5, 0.6) is 11.5 Å². The maximum atomic E-state index is 11.6. The van der Waals surface area contributed by atoms with Crippen molar-refractivity contribution in [3.05, 3.63) is 89.6 Å². The van der Waals surface area contributed by atoms with Gasteiger partial charge in [-0.3, -0.25) is 0 Å². The van der Waals surface area contributed by atoms with Crippen molar-refractivity contribution in [1.82, 2.24) is 4.57 Å². The van der Waals surface area contributed by atoms with Crippen molar-refractivity contribution >= 4 is 5.97 Å². The predicted molar refractivity (Wildman–Crippen MR) is 117 cm³/mol. The molecule has 5 nitrogen and oxygen atoms in total. The SMILES string of the molecule is O=C(O)c1cccc(-n2c(-c3ccc4c(c3)OCO4)cc3c2CCc2ccccc2-3)c1. The summed E-state index contributed by atoms with van der Waals surface area (Å²) in [6, 6.07) is 23.8. The number of carboxylic acid groups (broad SMARTS) is 1. The Morgan fingerprint density at radius 2 is 1.71 bits per heavy atom. The number of aromatic nitrogens is 1. The zero-order valence-corrected chi connectivity index (χ0v) is 16.7. The molecule has 152 valence electrons. The maximum absolute atomic E-state index is 11.6. The van der Waals surface area contributed by atoms with Gasteiger partial charge in [0.05, 0.1) is 11.3 Å². The maximum Gasteiger partial charge on any atom is 0.335 e. The van der Waals surface area contributed by atoms with Crippen LogP contribution in [0, 0.1) is 0 Å². The average molecular weight is 409 g/mol. The topological polar surface area (TPSA) is 60.7 Å². The third kappa shape index (κ3) is 2.81. The Balaban J connectivity index is 1.62. The van der Waals surface area contributed by atoms with E-state index in [0.29, 0.717) is 0 Å². The second-order valence-corrected chi connectivity index (χ2v) is 7.81. The van der Waals surface area contributed by atoms with Crippen molar-refractivity contribution in [2.75, 3.05) is 6.79 Å². The molecule has 1 N–H and O–H groups in total. The van der Waals surface area contributed by atoms with Crippen LogP contribution in [-0.2, 0) is 12.8 Å². The zero-order valence-electron chi connectivity index (χ0n) is 16.7. The summed E-state index contributed by atoms with van der Waals surface area (Å²) in [5, 5.41) is 9.53. The fourth-order valence-electron chi connectivity index (χ4n) is 4.63. The summed E-state index contributed by atoms with van der Waals surface area (Å²) >= 11 is 0. The summed E-state index contributed by atoms with van der Waals surface area (Å²) in [6.07, 6.45) is 1.83. The molecule has 1 aliphatic heterocycles. The van der Waals surface area contributed by atoms with Gasteiger partial charge in [-0.1, -0.05) is 30.3 Å². The van der Waals surface area contributed by atoms with Gasteiger partial charge in [-0.2, -0.15) is 0 Å². The van der Waals surface area contributed by atoms with Gasteiger partial charge in [0.2, 0.25) is 6.79 Å². The van der Waals surface area contributed by atoms with Crippen molar-refractivity contribution in [3.8, 4) is 39.6 Å². The normalized spacial score (nSPS) is 13.5. The molecule has 0 radical (unpaired) electrons. The van der Waals surface area contributed by atoms with Crippen LogP contribution < -0.4 is 9.47 Å². The molecule has 0 spiro atoms. The number of carboxylic acids is 1. The van der Waals surface area contributed by atoms with E-state index in [1.54, 1.807) is 18.2 Å². The lowest BCUT2D eigenvalue weighted by Gasteiger charge is -2.20. The summed E-state index contributed by atoms with van der Waals surface area (Å²) in [6.45, 7) is 0.227. The average Bonchev–Trinajstić information content (AvgIpc) is 3.43. The number of hydrogen-bond acceptors (Lipinski definition) is 3. The Labute approximate surface area is 179 Å². The summed E-state index contributed by atoms with van der Waals surface area (Å²) in [5.41, 5.74) is 8.06. The first-order valence-corrected chi connectivity index (χ1v) is 10.3. The smallest absolute Gasteiger partial charge is 0.335 e. The second-order valence-electron chi connectivity index (χ2n) is 7.81. The molecule has 0 amide bonds. The molecule has 0 atom stereocenters. The summed E-state index contributed by atoms with van der Waals surface area (Å²) < 4.78 is 13.3. The standard InChI is InChI=1S/C26H19NO4/c28-26(29)18-5-3-6-19(12-18)27-22-10-8-16-4-1-2-7-20(16)21(22)14-23(27)17-9-11-24-25(13-17)31-15-30-24/h1-7,9,11-14H,8,10,15H2,(H,28,29). The number of hydrogen-bond donors (Lipinski definition) is 1. The second kappa shape index (κ2) is 6.77. The fourth-order valence-corrected chi connectivity index (χ4v) is 4.63. The van der Waals surface area contributed by atoms with E-state index in [1.807, 2.05) is 24.3 Å². The molecule has 3 aromatic carbocycles. The number of benzene rings is 3. The van der Waals surface area contributed by atoms with Gasteiger partial charge in [-0.15, -0.1) is 0 Å². The zero-order chi connectivity index (χ0) is 20.9. The Kier molecular flexibility index (Phi) is 3.90. The van der Waals surface area contributed by atoms with Gasteiger partial charge < -0.3 is 19.1 Å². The summed E-state index contributed by atoms with van der Waals surface area (Å²) in [7, 11) is 0. The highest BCUT2D eigenvalue weighted by atomic mass is 16.7. The highest BCUT2D eigenvalue weighted by Gasteiger charge is 2.25. The van der Waals surface area contributed by atoms with E-state index in [2.05, 4.69) is 34.9 Å². The van der Waals surface area contributed by atoms with Crippen LogP contribution in [0.15, 0.2) is 72.8 Å². The molecule has 0 bridgehead atoms. The molecule has 4 aromatic rings. The van der Waals surface area contributed by atoms with Gasteiger partial charge >= 0.3 is 5.97 Å². The highest BCUT2D eigenvalue weighted by Crippen LogP contribution is 2.43. The van der Waals surface area contributed by atoms with Crippen LogP contribution >= 0.6 is 0 Å². The molecule has 5 heteroatoms. The van der Waals surface area contributed by atoms with Crippen molar-refractivity contribution in [2.45, 2.75) is 12.8 Å². The lowest BCUT2D eigenvalue weighted by molar-refractivity contribution is 0.0697. The van der Waals surface area contributed by atoms with Crippen molar-refractivity contribution in [2.24, 2.45) is 0 Å². The number of aromatic carboxylic acids is 1. The van der Waals surface area contributed by atoms with Gasteiger partial charge in [-0.05, 0) is 66.4 Å². The molecule has 6 rings (SSSR count). The van der Waals surface area contributed by atoms with E-state index in [1.165, 1.54) is 22.4 Å². The van der Waals surface area contributed by atoms with E-state index >= 15 is 0 Å². The number of aryl methyl sites for hydroxylation is 1. The molecule has 0 saturated carbocycles. The van der Waals surface area contributed by atoms with Crippen molar-refractivity contribution < 1.29 is 19.4 Å². The molecule has 2 aliphatic rings. The van der Waals surface area contributed by atoms with Gasteiger partial charge in [0.15, 0.2) is 11.5 Å². The molecule has 0 saturated heterocycles. The van der Waals surface area contributed by atoms with Gasteiger partial charge in [0.25, 0.3) is 0 Å². The molecular weight excluding hydrogens is 390 g/mol. The number of ether oxygens (including phenoxy) is 2. The molecule has 31 heavy (non-hydrogen) atoms. The largest absolute Gasteiger partial charge is 0.478 e. The minimum Gasteiger partial charge on any atom is -0.478 e. The van der Waals surface area contributed by atoms with Crippen LogP contribution in [0.4, 0.5) is 0 Å². The van der Waals surface area contributed by atoms with Crippen molar-refractivity contribution in [3.63, 3.8) is 0 Å². The van der Waals surface area contributed by atoms with E-state index < -0.39 is 5.97 Å². The fraction of sp³-hybridized carbons (Fsp3) is 0.115. The van der Waals surface area contributed by atoms with E-state index in [0.717, 1.165) is 41.3 Å². The van der Waals surface area contributed by atoms with Gasteiger partial charge in [0, 0.05) is 22.5 Å². The molecular formula is C26H19NO4. The third-order valence-corrected chi connectivity index (χ3v) is 6.06. The van der Waals surface area contributed by atoms with Crippen LogP contribution in [0.25, 0.3) is 28.1 Å². The lowest BCUT2D eigenvalue weighted by atomic mass is 9.90. The van der Waals surface area contributed by atoms with Crippen LogP contribution in [-0.4, -0.2) is 22.4 Å². The van der Waals surface area contributed by atoms with Crippen LogP contribution in [0.2, 0.25) is 0 Å². The van der Waals surface area contributed by atoms with E-state index in [-0.39, 0.29) is 12.4 Å². The van der Waals surface area contributed by atoms with Gasteiger partial charge in [0.1, 0.15) is 0 Å². The van der Waals surface area contributed by atoms with Crippen LogP contribution in [0.3, 0.4) is 0 Å². The van der Waals surface area contributed by atoms with E-state index in [4.69, 9.17) is 9.47 Å². The Morgan fingerprint density at radius 3 is 2.61 bits per heavy atom. The summed E-state index contributed by atoms with van der Waals surface area (Å²) in [5.74, 6) is 0.533. The van der Waals surface area contributed by atoms with E-state index in [9.17, 15) is 9.90 Å². The quantitative estimate of drug-likeness (QED) is 0.496. The monoisotopic (exact) mass is 409 g/mol.